The Morgan fingerprint density at radius 1 is 1.48 bits per heavy atom. The molecule has 0 aliphatic carbocycles. The molecule has 1 aliphatic heterocycles. The predicted octanol–water partition coefficient (Wildman–Crippen LogP) is 1.78. The second-order valence-corrected chi connectivity index (χ2v) is 5.35. The third-order valence-electron chi connectivity index (χ3n) is 3.54. The fourth-order valence-corrected chi connectivity index (χ4v) is 2.34. The molecule has 7 heteroatoms. The van der Waals surface area contributed by atoms with E-state index in [2.05, 4.69) is 0 Å². The lowest BCUT2D eigenvalue weighted by Gasteiger charge is -2.38. The number of primary amides is 1. The first-order valence-electron chi connectivity index (χ1n) is 6.53. The molecule has 0 radical (unpaired) electrons. The fraction of sp³-hybridized carbons (Fsp3) is 0.500. The molecule has 0 aromatic heterocycles. The van der Waals surface area contributed by atoms with E-state index in [0.717, 1.165) is 12.1 Å². The topological polar surface area (TPSA) is 55.6 Å². The van der Waals surface area contributed by atoms with E-state index in [1.165, 1.54) is 6.07 Å². The lowest BCUT2D eigenvalue weighted by Crippen LogP contribution is -2.56. The maximum absolute atomic E-state index is 12.7. The summed E-state index contributed by atoms with van der Waals surface area (Å²) in [5.41, 5.74) is 4.07. The molecule has 1 aromatic carbocycles. The van der Waals surface area contributed by atoms with E-state index in [0.29, 0.717) is 25.3 Å². The van der Waals surface area contributed by atoms with Gasteiger partial charge in [-0.2, -0.15) is 13.2 Å². The average molecular weight is 302 g/mol. The quantitative estimate of drug-likeness (QED) is 0.926. The van der Waals surface area contributed by atoms with Crippen LogP contribution in [-0.2, 0) is 22.3 Å². The number of nitrogens with two attached hydrogens (primary N) is 1. The normalized spacial score (nSPS) is 24.0. The van der Waals surface area contributed by atoms with Crippen LogP contribution in [-0.4, -0.2) is 36.1 Å². The first-order valence-corrected chi connectivity index (χ1v) is 6.53. The van der Waals surface area contributed by atoms with Gasteiger partial charge in [0.25, 0.3) is 5.91 Å². The number of hydrogen-bond acceptors (Lipinski definition) is 3. The first kappa shape index (κ1) is 15.8. The van der Waals surface area contributed by atoms with Gasteiger partial charge in [-0.15, -0.1) is 0 Å². The van der Waals surface area contributed by atoms with Gasteiger partial charge in [0.05, 0.1) is 12.2 Å². The summed E-state index contributed by atoms with van der Waals surface area (Å²) in [5, 5.41) is 0. The van der Waals surface area contributed by atoms with Crippen LogP contribution < -0.4 is 5.73 Å². The number of hydrogen-bond donors (Lipinski definition) is 1. The smallest absolute Gasteiger partial charge is 0.367 e. The van der Waals surface area contributed by atoms with Crippen LogP contribution in [0.2, 0.25) is 0 Å². The summed E-state index contributed by atoms with van der Waals surface area (Å²) < 4.78 is 43.4. The van der Waals surface area contributed by atoms with Gasteiger partial charge in [0.15, 0.2) is 5.60 Å². The number of carbonyl (C=O) groups excluding carboxylic acids is 1. The fourth-order valence-electron chi connectivity index (χ4n) is 2.34. The largest absolute Gasteiger partial charge is 0.416 e. The van der Waals surface area contributed by atoms with Crippen LogP contribution in [0.3, 0.4) is 0 Å². The SMILES string of the molecule is C[C@]1(C(N)=O)CN(Cc2cccc(C(F)(F)F)c2)CCO1. The van der Waals surface area contributed by atoms with Crippen molar-refractivity contribution in [3.05, 3.63) is 35.4 Å². The molecule has 1 saturated heterocycles. The van der Waals surface area contributed by atoms with E-state index in [4.69, 9.17) is 10.5 Å². The standard InChI is InChI=1S/C14H17F3N2O2/c1-13(12(18)20)9-19(5-6-21-13)8-10-3-2-4-11(7-10)14(15,16)17/h2-4,7H,5-6,8-9H2,1H3,(H2,18,20)/t13-/m1/s1. The van der Waals surface area contributed by atoms with Gasteiger partial charge in [0, 0.05) is 19.6 Å². The molecule has 116 valence electrons. The lowest BCUT2D eigenvalue weighted by atomic mass is 10.0. The summed E-state index contributed by atoms with van der Waals surface area (Å²) in [6.07, 6.45) is -4.36. The second-order valence-electron chi connectivity index (χ2n) is 5.35. The molecule has 2 N–H and O–H groups in total. The zero-order valence-electron chi connectivity index (χ0n) is 11.6. The number of halogens is 3. The maximum atomic E-state index is 12.7. The Labute approximate surface area is 120 Å². The van der Waals surface area contributed by atoms with Crippen molar-refractivity contribution in [3.63, 3.8) is 0 Å². The first-order chi connectivity index (χ1) is 9.71. The Balaban J connectivity index is 2.10. The van der Waals surface area contributed by atoms with Crippen molar-refractivity contribution in [2.24, 2.45) is 5.73 Å². The van der Waals surface area contributed by atoms with Crippen molar-refractivity contribution in [1.82, 2.24) is 4.90 Å². The molecule has 1 fully saturated rings. The van der Waals surface area contributed by atoms with Crippen LogP contribution in [0.4, 0.5) is 13.2 Å². The summed E-state index contributed by atoms with van der Waals surface area (Å²) in [6.45, 7) is 3.03. The number of ether oxygens (including phenoxy) is 1. The van der Waals surface area contributed by atoms with Crippen molar-refractivity contribution in [2.45, 2.75) is 25.2 Å². The van der Waals surface area contributed by atoms with Gasteiger partial charge in [0.1, 0.15) is 0 Å². The minimum atomic E-state index is -4.36. The summed E-state index contributed by atoms with van der Waals surface area (Å²) in [6, 6.07) is 5.17. The van der Waals surface area contributed by atoms with Crippen LogP contribution >= 0.6 is 0 Å². The number of amides is 1. The highest BCUT2D eigenvalue weighted by Gasteiger charge is 2.37. The molecule has 1 amide bonds. The van der Waals surface area contributed by atoms with Gasteiger partial charge >= 0.3 is 6.18 Å². The number of nitrogens with zero attached hydrogens (tertiary/aromatic N) is 1. The summed E-state index contributed by atoms with van der Waals surface area (Å²) in [5.74, 6) is -0.573. The Morgan fingerprint density at radius 3 is 2.81 bits per heavy atom. The molecule has 0 saturated carbocycles. The highest BCUT2D eigenvalue weighted by Crippen LogP contribution is 2.30. The monoisotopic (exact) mass is 302 g/mol. The molecule has 0 spiro atoms. The highest BCUT2D eigenvalue weighted by molar-refractivity contribution is 5.83. The number of carbonyl (C=O) groups is 1. The van der Waals surface area contributed by atoms with Crippen molar-refractivity contribution in [1.29, 1.82) is 0 Å². The molecule has 1 heterocycles. The van der Waals surface area contributed by atoms with Crippen molar-refractivity contribution < 1.29 is 22.7 Å². The number of rotatable bonds is 3. The van der Waals surface area contributed by atoms with Gasteiger partial charge in [-0.05, 0) is 18.6 Å². The van der Waals surface area contributed by atoms with E-state index in [1.807, 2.05) is 4.90 Å². The number of benzene rings is 1. The summed E-state index contributed by atoms with van der Waals surface area (Å²) >= 11 is 0. The Bertz CT molecular complexity index is 533. The highest BCUT2D eigenvalue weighted by atomic mass is 19.4. The van der Waals surface area contributed by atoms with Gasteiger partial charge in [0.2, 0.25) is 0 Å². The molecule has 2 rings (SSSR count). The van der Waals surface area contributed by atoms with E-state index in [9.17, 15) is 18.0 Å². The molecule has 21 heavy (non-hydrogen) atoms. The van der Waals surface area contributed by atoms with E-state index in [1.54, 1.807) is 13.0 Å². The van der Waals surface area contributed by atoms with Gasteiger partial charge < -0.3 is 10.5 Å². The van der Waals surface area contributed by atoms with E-state index < -0.39 is 23.2 Å². The molecule has 1 aliphatic rings. The zero-order valence-corrected chi connectivity index (χ0v) is 11.6. The summed E-state index contributed by atoms with van der Waals surface area (Å²) in [4.78, 5) is 13.2. The maximum Gasteiger partial charge on any atom is 0.416 e. The molecule has 0 bridgehead atoms. The van der Waals surface area contributed by atoms with Gasteiger partial charge in [-0.3, -0.25) is 9.69 Å². The predicted molar refractivity (Wildman–Crippen MR) is 70.3 cm³/mol. The van der Waals surface area contributed by atoms with Crippen LogP contribution in [0.5, 0.6) is 0 Å². The molecule has 0 unspecified atom stereocenters. The molecular formula is C14H17F3N2O2. The minimum Gasteiger partial charge on any atom is -0.367 e. The lowest BCUT2D eigenvalue weighted by molar-refractivity contribution is -0.153. The van der Waals surface area contributed by atoms with Gasteiger partial charge in [-0.1, -0.05) is 18.2 Å². The van der Waals surface area contributed by atoms with Crippen LogP contribution in [0.15, 0.2) is 24.3 Å². The Kier molecular flexibility index (Phi) is 4.25. The molecule has 1 atom stereocenters. The minimum absolute atomic E-state index is 0.262. The zero-order chi connectivity index (χ0) is 15.7. The average Bonchev–Trinajstić information content (AvgIpc) is 2.38. The number of alkyl halides is 3. The van der Waals surface area contributed by atoms with Crippen molar-refractivity contribution in [2.75, 3.05) is 19.7 Å². The molecule has 4 nitrogen and oxygen atoms in total. The van der Waals surface area contributed by atoms with Crippen LogP contribution in [0.1, 0.15) is 18.1 Å². The second kappa shape index (κ2) is 5.65. The van der Waals surface area contributed by atoms with E-state index >= 15 is 0 Å². The third-order valence-corrected chi connectivity index (χ3v) is 3.54. The summed E-state index contributed by atoms with van der Waals surface area (Å²) in [7, 11) is 0. The third kappa shape index (κ3) is 3.74. The van der Waals surface area contributed by atoms with E-state index in [-0.39, 0.29) is 6.54 Å². The Hall–Kier alpha value is -1.60. The molecular weight excluding hydrogens is 285 g/mol. The Morgan fingerprint density at radius 2 is 2.19 bits per heavy atom. The number of morpholine rings is 1. The van der Waals surface area contributed by atoms with Crippen LogP contribution in [0, 0.1) is 0 Å². The van der Waals surface area contributed by atoms with Gasteiger partial charge in [-0.25, -0.2) is 0 Å². The van der Waals surface area contributed by atoms with Crippen molar-refractivity contribution in [3.8, 4) is 0 Å². The van der Waals surface area contributed by atoms with Crippen LogP contribution in [0.25, 0.3) is 0 Å². The van der Waals surface area contributed by atoms with Crippen molar-refractivity contribution >= 4 is 5.91 Å². The molecule has 1 aromatic rings.